The third-order valence-electron chi connectivity index (χ3n) is 3.78. The maximum absolute atomic E-state index is 13.6. The van der Waals surface area contributed by atoms with E-state index in [1.807, 2.05) is 0 Å². The second-order valence-corrected chi connectivity index (χ2v) is 5.79. The average molecular weight is 309 g/mol. The number of carbonyl (C=O) groups is 1. The first-order valence-electron chi connectivity index (χ1n) is 6.91. The van der Waals surface area contributed by atoms with Gasteiger partial charge in [-0.15, -0.1) is 0 Å². The molecule has 1 unspecified atom stereocenters. The number of imidazole rings is 1. The first kappa shape index (κ1) is 14.2. The SMILES string of the molecule is O=C(NC(CCO)C1CC1)c1cc(F)cc2[nH]c(=S)[nH]c12. The fraction of sp³-hybridized carbons (Fsp3) is 0.429. The van der Waals surface area contributed by atoms with Crippen LogP contribution >= 0.6 is 12.2 Å². The van der Waals surface area contributed by atoms with Gasteiger partial charge in [-0.25, -0.2) is 4.39 Å². The normalized spacial score (nSPS) is 16.1. The Morgan fingerprint density at radius 3 is 2.90 bits per heavy atom. The number of hydrogen-bond acceptors (Lipinski definition) is 3. The number of nitrogens with one attached hydrogen (secondary N) is 3. The lowest BCUT2D eigenvalue weighted by atomic mass is 10.1. The Hall–Kier alpha value is -1.73. The fourth-order valence-electron chi connectivity index (χ4n) is 2.60. The van der Waals surface area contributed by atoms with Gasteiger partial charge < -0.3 is 20.4 Å². The van der Waals surface area contributed by atoms with Gasteiger partial charge in [0.25, 0.3) is 5.91 Å². The van der Waals surface area contributed by atoms with Crippen LogP contribution in [0.5, 0.6) is 0 Å². The molecule has 1 heterocycles. The van der Waals surface area contributed by atoms with E-state index in [1.165, 1.54) is 12.1 Å². The lowest BCUT2D eigenvalue weighted by Crippen LogP contribution is -2.37. The third-order valence-corrected chi connectivity index (χ3v) is 3.99. The molecule has 5 nitrogen and oxygen atoms in total. The monoisotopic (exact) mass is 309 g/mol. The second kappa shape index (κ2) is 5.57. The van der Waals surface area contributed by atoms with Gasteiger partial charge in [-0.1, -0.05) is 0 Å². The summed E-state index contributed by atoms with van der Waals surface area (Å²) in [7, 11) is 0. The largest absolute Gasteiger partial charge is 0.396 e. The van der Waals surface area contributed by atoms with Gasteiger partial charge in [-0.2, -0.15) is 0 Å². The molecular formula is C14H16FN3O2S. The van der Waals surface area contributed by atoms with E-state index in [4.69, 9.17) is 17.3 Å². The van der Waals surface area contributed by atoms with Crippen molar-refractivity contribution in [3.05, 3.63) is 28.3 Å². The van der Waals surface area contributed by atoms with Crippen molar-refractivity contribution in [2.75, 3.05) is 6.61 Å². The Morgan fingerprint density at radius 2 is 2.24 bits per heavy atom. The number of aromatic nitrogens is 2. The number of amides is 1. The number of fused-ring (bicyclic) bond motifs is 1. The minimum Gasteiger partial charge on any atom is -0.396 e. The number of rotatable bonds is 5. The maximum Gasteiger partial charge on any atom is 0.253 e. The van der Waals surface area contributed by atoms with Crippen LogP contribution in [0.25, 0.3) is 11.0 Å². The van der Waals surface area contributed by atoms with Gasteiger partial charge in [0.05, 0.1) is 16.6 Å². The highest BCUT2D eigenvalue weighted by Crippen LogP contribution is 2.34. The molecule has 1 aliphatic rings. The molecule has 1 aliphatic carbocycles. The Labute approximate surface area is 125 Å². The van der Waals surface area contributed by atoms with E-state index in [-0.39, 0.29) is 24.1 Å². The molecule has 1 aromatic heterocycles. The average Bonchev–Trinajstić information content (AvgIpc) is 3.19. The molecule has 0 aliphatic heterocycles. The van der Waals surface area contributed by atoms with Crippen molar-refractivity contribution in [2.24, 2.45) is 5.92 Å². The molecule has 0 saturated heterocycles. The summed E-state index contributed by atoms with van der Waals surface area (Å²) >= 11 is 4.99. The van der Waals surface area contributed by atoms with Gasteiger partial charge in [0, 0.05) is 12.6 Å². The van der Waals surface area contributed by atoms with Crippen molar-refractivity contribution in [3.63, 3.8) is 0 Å². The molecule has 0 bridgehead atoms. The first-order valence-corrected chi connectivity index (χ1v) is 7.32. The zero-order valence-corrected chi connectivity index (χ0v) is 12.1. The molecule has 7 heteroatoms. The zero-order valence-electron chi connectivity index (χ0n) is 11.3. The van der Waals surface area contributed by atoms with Gasteiger partial charge in [-0.05, 0) is 49.5 Å². The summed E-state index contributed by atoms with van der Waals surface area (Å²) < 4.78 is 14.0. The van der Waals surface area contributed by atoms with Gasteiger partial charge in [0.15, 0.2) is 4.77 Å². The van der Waals surface area contributed by atoms with E-state index in [2.05, 4.69) is 15.3 Å². The molecule has 2 aromatic rings. The Balaban J connectivity index is 1.91. The van der Waals surface area contributed by atoms with Crippen LogP contribution in [0, 0.1) is 16.5 Å². The summed E-state index contributed by atoms with van der Waals surface area (Å²) in [4.78, 5) is 18.1. The lowest BCUT2D eigenvalue weighted by molar-refractivity contribution is 0.0925. The molecule has 1 saturated carbocycles. The van der Waals surface area contributed by atoms with Gasteiger partial charge in [0.2, 0.25) is 0 Å². The van der Waals surface area contributed by atoms with Crippen LogP contribution in [0.4, 0.5) is 4.39 Å². The van der Waals surface area contributed by atoms with Gasteiger partial charge >= 0.3 is 0 Å². The van der Waals surface area contributed by atoms with Crippen LogP contribution in [-0.4, -0.2) is 33.6 Å². The summed E-state index contributed by atoms with van der Waals surface area (Å²) in [6, 6.07) is 2.42. The smallest absolute Gasteiger partial charge is 0.253 e. The van der Waals surface area contributed by atoms with Crippen molar-refractivity contribution in [3.8, 4) is 0 Å². The highest BCUT2D eigenvalue weighted by Gasteiger charge is 2.32. The van der Waals surface area contributed by atoms with Crippen molar-refractivity contribution < 1.29 is 14.3 Å². The molecule has 1 aromatic carbocycles. The number of halogens is 1. The molecule has 0 spiro atoms. The molecule has 1 fully saturated rings. The van der Waals surface area contributed by atoms with Crippen LogP contribution in [0.1, 0.15) is 29.6 Å². The van der Waals surface area contributed by atoms with Gasteiger partial charge in [0.1, 0.15) is 5.82 Å². The van der Waals surface area contributed by atoms with Crippen molar-refractivity contribution in [2.45, 2.75) is 25.3 Å². The predicted molar refractivity (Wildman–Crippen MR) is 79.1 cm³/mol. The first-order chi connectivity index (χ1) is 10.1. The van der Waals surface area contributed by atoms with E-state index >= 15 is 0 Å². The Bertz CT molecular complexity index is 735. The Kier molecular flexibility index (Phi) is 3.77. The van der Waals surface area contributed by atoms with Gasteiger partial charge in [-0.3, -0.25) is 4.79 Å². The molecule has 4 N–H and O–H groups in total. The van der Waals surface area contributed by atoms with Crippen LogP contribution in [0.2, 0.25) is 0 Å². The van der Waals surface area contributed by atoms with Crippen LogP contribution in [0.3, 0.4) is 0 Å². The van der Waals surface area contributed by atoms with Crippen LogP contribution in [-0.2, 0) is 0 Å². The fourth-order valence-corrected chi connectivity index (χ4v) is 2.81. The number of hydrogen-bond donors (Lipinski definition) is 4. The van der Waals surface area contributed by atoms with E-state index < -0.39 is 5.82 Å². The molecule has 1 atom stereocenters. The third kappa shape index (κ3) is 2.98. The molecule has 0 radical (unpaired) electrons. The minimum atomic E-state index is -0.497. The van der Waals surface area contributed by atoms with E-state index in [1.54, 1.807) is 0 Å². The number of H-pyrrole nitrogens is 2. The zero-order chi connectivity index (χ0) is 15.0. The highest BCUT2D eigenvalue weighted by molar-refractivity contribution is 7.71. The summed E-state index contributed by atoms with van der Waals surface area (Å²) in [6.07, 6.45) is 2.62. The lowest BCUT2D eigenvalue weighted by Gasteiger charge is -2.17. The van der Waals surface area contributed by atoms with E-state index in [9.17, 15) is 9.18 Å². The maximum atomic E-state index is 13.6. The molecule has 3 rings (SSSR count). The number of aromatic amines is 2. The van der Waals surface area contributed by atoms with E-state index in [0.717, 1.165) is 12.8 Å². The quantitative estimate of drug-likeness (QED) is 0.640. The minimum absolute atomic E-state index is 0.0204. The second-order valence-electron chi connectivity index (χ2n) is 5.38. The highest BCUT2D eigenvalue weighted by atomic mass is 32.1. The summed E-state index contributed by atoms with van der Waals surface area (Å²) in [5, 5.41) is 12.0. The molecule has 1 amide bonds. The molecule has 112 valence electrons. The number of aliphatic hydroxyl groups is 1. The number of aliphatic hydroxyl groups excluding tert-OH is 1. The van der Waals surface area contributed by atoms with E-state index in [0.29, 0.717) is 28.1 Å². The standard InChI is InChI=1S/C14H16FN3O2S/c15-8-5-9(12-11(6-8)17-14(21)18-12)13(20)16-10(3-4-19)7-1-2-7/h5-7,10,19H,1-4H2,(H,16,20)(H2,17,18,21). The molecule has 21 heavy (non-hydrogen) atoms. The predicted octanol–water partition coefficient (Wildman–Crippen LogP) is 2.26. The summed E-state index contributed by atoms with van der Waals surface area (Å²) in [5.74, 6) is -0.437. The van der Waals surface area contributed by atoms with Crippen LogP contribution < -0.4 is 5.32 Å². The van der Waals surface area contributed by atoms with Crippen molar-refractivity contribution >= 4 is 29.2 Å². The number of carbonyl (C=O) groups excluding carboxylic acids is 1. The van der Waals surface area contributed by atoms with Crippen molar-refractivity contribution in [1.29, 1.82) is 0 Å². The summed E-state index contributed by atoms with van der Waals surface area (Å²) in [5.41, 5.74) is 1.19. The molecular weight excluding hydrogens is 293 g/mol. The van der Waals surface area contributed by atoms with Crippen molar-refractivity contribution in [1.82, 2.24) is 15.3 Å². The summed E-state index contributed by atoms with van der Waals surface area (Å²) in [6.45, 7) is 0.0204. The number of benzene rings is 1. The van der Waals surface area contributed by atoms with Crippen LogP contribution in [0.15, 0.2) is 12.1 Å². The Morgan fingerprint density at radius 1 is 1.48 bits per heavy atom. The topological polar surface area (TPSA) is 80.9 Å².